The summed E-state index contributed by atoms with van der Waals surface area (Å²) in [6.45, 7) is 5.38. The molecule has 0 radical (unpaired) electrons. The summed E-state index contributed by atoms with van der Waals surface area (Å²) in [6, 6.07) is 11.2. The third-order valence-electron chi connectivity index (χ3n) is 4.17. The van der Waals surface area contributed by atoms with Crippen LogP contribution in [-0.4, -0.2) is 32.2 Å². The minimum Gasteiger partial charge on any atom is -0.772 e. The third-order valence-corrected chi connectivity index (χ3v) is 5.02. The van der Waals surface area contributed by atoms with E-state index in [1.54, 1.807) is 13.0 Å². The van der Waals surface area contributed by atoms with Crippen molar-refractivity contribution in [3.63, 3.8) is 0 Å². The first-order valence-electron chi connectivity index (χ1n) is 8.95. The standard InChI is InChI=1S/C21H26O6S/c1-14(13-28(24)25)11-27-20-7-15(2)21(19(9-20)12-26-16(3)23)18-6-4-5-17(8-18)10-22/h4-9,14,22H,10-13H2,1-3H3,(H,24,25)/p-1. The molecule has 152 valence electrons. The van der Waals surface area contributed by atoms with Gasteiger partial charge in [-0.15, -0.1) is 0 Å². The van der Waals surface area contributed by atoms with Crippen molar-refractivity contribution in [2.45, 2.75) is 34.0 Å². The molecule has 0 fully saturated rings. The number of hydrogen-bond acceptors (Lipinski definition) is 6. The second-order valence-corrected chi connectivity index (χ2v) is 7.74. The fraction of sp³-hybridized carbons (Fsp3) is 0.381. The van der Waals surface area contributed by atoms with Gasteiger partial charge < -0.3 is 19.1 Å². The van der Waals surface area contributed by atoms with Crippen LogP contribution in [0.3, 0.4) is 0 Å². The van der Waals surface area contributed by atoms with E-state index >= 15 is 0 Å². The summed E-state index contributed by atoms with van der Waals surface area (Å²) in [5, 5.41) is 9.42. The highest BCUT2D eigenvalue weighted by molar-refractivity contribution is 7.79. The molecule has 0 heterocycles. The van der Waals surface area contributed by atoms with E-state index in [9.17, 15) is 18.7 Å². The van der Waals surface area contributed by atoms with Crippen molar-refractivity contribution in [3.05, 3.63) is 53.1 Å². The van der Waals surface area contributed by atoms with E-state index in [2.05, 4.69) is 0 Å². The Bertz CT molecular complexity index is 849. The molecular formula is C21H25O6S-. The van der Waals surface area contributed by atoms with Gasteiger partial charge in [0, 0.05) is 24.2 Å². The molecule has 1 N–H and O–H groups in total. The first kappa shape index (κ1) is 22.1. The van der Waals surface area contributed by atoms with Gasteiger partial charge in [-0.1, -0.05) is 36.2 Å². The summed E-state index contributed by atoms with van der Waals surface area (Å²) in [7, 11) is 0. The molecule has 0 saturated heterocycles. The largest absolute Gasteiger partial charge is 0.772 e. The van der Waals surface area contributed by atoms with Crippen LogP contribution in [0.4, 0.5) is 0 Å². The fourth-order valence-electron chi connectivity index (χ4n) is 2.96. The molecule has 2 aromatic rings. The zero-order chi connectivity index (χ0) is 20.7. The van der Waals surface area contributed by atoms with Crippen LogP contribution < -0.4 is 4.74 Å². The van der Waals surface area contributed by atoms with Gasteiger partial charge in [0.25, 0.3) is 0 Å². The van der Waals surface area contributed by atoms with E-state index in [1.807, 2.05) is 37.3 Å². The van der Waals surface area contributed by atoms with Crippen LogP contribution >= 0.6 is 0 Å². The number of aryl methyl sites for hydroxylation is 1. The van der Waals surface area contributed by atoms with Crippen molar-refractivity contribution in [1.82, 2.24) is 0 Å². The average molecular weight is 405 g/mol. The molecule has 0 aliphatic heterocycles. The lowest BCUT2D eigenvalue weighted by molar-refractivity contribution is -0.142. The number of ether oxygens (including phenoxy) is 2. The maximum Gasteiger partial charge on any atom is 0.302 e. The first-order chi connectivity index (χ1) is 13.3. The molecule has 2 unspecified atom stereocenters. The summed E-state index contributed by atoms with van der Waals surface area (Å²) in [5.41, 5.74) is 4.32. The lowest BCUT2D eigenvalue weighted by Crippen LogP contribution is -2.16. The summed E-state index contributed by atoms with van der Waals surface area (Å²) in [5.74, 6) is 0.0954. The maximum atomic E-state index is 11.3. The highest BCUT2D eigenvalue weighted by Crippen LogP contribution is 2.33. The van der Waals surface area contributed by atoms with Crippen molar-refractivity contribution in [1.29, 1.82) is 0 Å². The second-order valence-electron chi connectivity index (χ2n) is 6.80. The number of benzene rings is 2. The predicted molar refractivity (Wildman–Crippen MR) is 106 cm³/mol. The molecular weight excluding hydrogens is 380 g/mol. The number of hydrogen-bond donors (Lipinski definition) is 1. The van der Waals surface area contributed by atoms with E-state index in [0.29, 0.717) is 5.75 Å². The molecule has 0 amide bonds. The quantitative estimate of drug-likeness (QED) is 0.509. The lowest BCUT2D eigenvalue weighted by atomic mass is 9.94. The maximum absolute atomic E-state index is 11.3. The smallest absolute Gasteiger partial charge is 0.302 e. The van der Waals surface area contributed by atoms with Gasteiger partial charge >= 0.3 is 5.97 Å². The zero-order valence-electron chi connectivity index (χ0n) is 16.3. The summed E-state index contributed by atoms with van der Waals surface area (Å²) < 4.78 is 32.6. The molecule has 0 aliphatic rings. The zero-order valence-corrected chi connectivity index (χ0v) is 17.1. The lowest BCUT2D eigenvalue weighted by Gasteiger charge is -2.18. The Morgan fingerprint density at radius 1 is 1.29 bits per heavy atom. The molecule has 7 heteroatoms. The molecule has 2 atom stereocenters. The number of carbonyl (C=O) groups is 1. The molecule has 0 aromatic heterocycles. The van der Waals surface area contributed by atoms with Crippen molar-refractivity contribution in [2.24, 2.45) is 5.92 Å². The minimum absolute atomic E-state index is 0.0331. The van der Waals surface area contributed by atoms with Crippen LogP contribution in [0.2, 0.25) is 0 Å². The molecule has 2 aromatic carbocycles. The predicted octanol–water partition coefficient (Wildman–Crippen LogP) is 3.11. The van der Waals surface area contributed by atoms with E-state index in [4.69, 9.17) is 9.47 Å². The number of carbonyl (C=O) groups excluding carboxylic acids is 1. The Morgan fingerprint density at radius 3 is 2.68 bits per heavy atom. The van der Waals surface area contributed by atoms with Crippen LogP contribution in [0.25, 0.3) is 11.1 Å². The molecule has 6 nitrogen and oxygen atoms in total. The fourth-order valence-corrected chi connectivity index (χ4v) is 3.52. The van der Waals surface area contributed by atoms with Gasteiger partial charge in [0.1, 0.15) is 12.4 Å². The molecule has 0 aliphatic carbocycles. The first-order valence-corrected chi connectivity index (χ1v) is 10.2. The Morgan fingerprint density at radius 2 is 2.04 bits per heavy atom. The minimum atomic E-state index is -2.11. The highest BCUT2D eigenvalue weighted by Gasteiger charge is 2.14. The van der Waals surface area contributed by atoms with E-state index in [0.717, 1.165) is 27.8 Å². The van der Waals surface area contributed by atoms with E-state index in [-0.39, 0.29) is 37.5 Å². The molecule has 2 rings (SSSR count). The summed E-state index contributed by atoms with van der Waals surface area (Å²) >= 11 is -2.11. The molecule has 0 spiro atoms. The SMILES string of the molecule is CC(=O)OCc1cc(OCC(C)CS(=O)[O-])cc(C)c1-c1cccc(CO)c1. The summed E-state index contributed by atoms with van der Waals surface area (Å²) in [4.78, 5) is 11.3. The van der Waals surface area contributed by atoms with Gasteiger partial charge in [-0.25, -0.2) is 0 Å². The Kier molecular flexibility index (Phi) is 8.17. The second kappa shape index (κ2) is 10.4. The highest BCUT2D eigenvalue weighted by atomic mass is 32.2. The van der Waals surface area contributed by atoms with Crippen molar-refractivity contribution in [3.8, 4) is 16.9 Å². The summed E-state index contributed by atoms with van der Waals surface area (Å²) in [6.07, 6.45) is 0. The number of aliphatic hydroxyl groups excluding tert-OH is 1. The van der Waals surface area contributed by atoms with Crippen molar-refractivity contribution >= 4 is 17.0 Å². The van der Waals surface area contributed by atoms with E-state index in [1.165, 1.54) is 6.92 Å². The van der Waals surface area contributed by atoms with Gasteiger partial charge in [-0.3, -0.25) is 9.00 Å². The van der Waals surface area contributed by atoms with Gasteiger partial charge in [0.05, 0.1) is 13.2 Å². The van der Waals surface area contributed by atoms with E-state index < -0.39 is 11.1 Å². The Balaban J connectivity index is 2.35. The van der Waals surface area contributed by atoms with Crippen molar-refractivity contribution in [2.75, 3.05) is 12.4 Å². The van der Waals surface area contributed by atoms with Crippen LogP contribution in [0.5, 0.6) is 5.75 Å². The molecule has 28 heavy (non-hydrogen) atoms. The Hall–Kier alpha value is -2.22. The number of esters is 1. The van der Waals surface area contributed by atoms with Crippen LogP contribution in [0, 0.1) is 12.8 Å². The number of aliphatic hydroxyl groups is 1. The molecule has 0 saturated carbocycles. The van der Waals surface area contributed by atoms with Gasteiger partial charge in [-0.05, 0) is 47.4 Å². The van der Waals surface area contributed by atoms with Gasteiger partial charge in [0.15, 0.2) is 0 Å². The van der Waals surface area contributed by atoms with Crippen molar-refractivity contribution < 1.29 is 28.1 Å². The van der Waals surface area contributed by atoms with Crippen LogP contribution in [-0.2, 0) is 33.8 Å². The Labute approximate surface area is 167 Å². The van der Waals surface area contributed by atoms with Gasteiger partial charge in [-0.2, -0.15) is 0 Å². The monoisotopic (exact) mass is 405 g/mol. The topological polar surface area (TPSA) is 95.9 Å². The van der Waals surface area contributed by atoms with Crippen LogP contribution in [0.1, 0.15) is 30.5 Å². The molecule has 0 bridgehead atoms. The number of rotatable bonds is 9. The third kappa shape index (κ3) is 6.44. The van der Waals surface area contributed by atoms with Gasteiger partial charge in [0.2, 0.25) is 0 Å². The normalized spacial score (nSPS) is 13.0. The average Bonchev–Trinajstić information content (AvgIpc) is 2.64. The van der Waals surface area contributed by atoms with Crippen LogP contribution in [0.15, 0.2) is 36.4 Å².